The van der Waals surface area contributed by atoms with Crippen molar-refractivity contribution in [1.82, 2.24) is 15.2 Å². The fourth-order valence-electron chi connectivity index (χ4n) is 1.23. The van der Waals surface area contributed by atoms with Gasteiger partial charge in [0.05, 0.1) is 0 Å². The number of rotatable bonds is 4. The molecule has 0 spiro atoms. The van der Waals surface area contributed by atoms with Crippen LogP contribution in [0.5, 0.6) is 0 Å². The Balaban J connectivity index is 2.07. The fraction of sp³-hybridized carbons (Fsp3) is 0.200. The van der Waals surface area contributed by atoms with Crippen LogP contribution in [0.4, 0.5) is 8.78 Å². The number of thioether (sulfide) groups is 1. The van der Waals surface area contributed by atoms with E-state index in [1.54, 1.807) is 18.2 Å². The molecule has 0 atom stereocenters. The molecule has 1 aromatic heterocycles. The molecule has 2 aromatic rings. The highest BCUT2D eigenvalue weighted by molar-refractivity contribution is 7.98. The van der Waals surface area contributed by atoms with Crippen LogP contribution < -0.4 is 0 Å². The second-order valence-corrected chi connectivity index (χ2v) is 5.05. The van der Waals surface area contributed by atoms with Gasteiger partial charge in [-0.05, 0) is 17.7 Å². The topological polar surface area (TPSA) is 41.6 Å². The molecule has 0 fully saturated rings. The van der Waals surface area contributed by atoms with Crippen molar-refractivity contribution in [3.8, 4) is 0 Å². The number of halogens is 4. The van der Waals surface area contributed by atoms with Gasteiger partial charge in [0, 0.05) is 15.8 Å². The first-order valence-electron chi connectivity index (χ1n) is 4.84. The van der Waals surface area contributed by atoms with Crippen molar-refractivity contribution in [2.75, 3.05) is 0 Å². The smallest absolute Gasteiger partial charge is 0.257 e. The molecule has 0 bridgehead atoms. The van der Waals surface area contributed by atoms with Crippen molar-refractivity contribution < 1.29 is 8.78 Å². The molecule has 8 heteroatoms. The Morgan fingerprint density at radius 2 is 1.94 bits per heavy atom. The molecule has 0 radical (unpaired) electrons. The summed E-state index contributed by atoms with van der Waals surface area (Å²) in [5.41, 5.74) is 0.731. The largest absolute Gasteiger partial charge is 0.296 e. The molecule has 0 saturated carbocycles. The number of H-pyrrole nitrogens is 1. The summed E-state index contributed by atoms with van der Waals surface area (Å²) < 4.78 is 24.6. The van der Waals surface area contributed by atoms with E-state index >= 15 is 0 Å². The average Bonchev–Trinajstić information content (AvgIpc) is 2.77. The summed E-state index contributed by atoms with van der Waals surface area (Å²) in [6.45, 7) is 0. The highest BCUT2D eigenvalue weighted by atomic mass is 35.5. The van der Waals surface area contributed by atoms with Gasteiger partial charge in [0.1, 0.15) is 0 Å². The number of alkyl halides is 2. The van der Waals surface area contributed by atoms with E-state index in [0.29, 0.717) is 15.8 Å². The maximum atomic E-state index is 12.3. The lowest BCUT2D eigenvalue weighted by molar-refractivity contribution is 0.140. The van der Waals surface area contributed by atoms with Crippen LogP contribution in [-0.4, -0.2) is 15.2 Å². The van der Waals surface area contributed by atoms with Crippen LogP contribution in [0, 0.1) is 0 Å². The standard InChI is InChI=1S/C10H7Cl2F2N3S/c11-6-2-1-3-7(12)5(6)4-18-10-15-9(8(13)14)16-17-10/h1-3,8H,4H2,(H,15,16,17). The maximum Gasteiger partial charge on any atom is 0.296 e. The van der Waals surface area contributed by atoms with Crippen LogP contribution in [0.3, 0.4) is 0 Å². The molecule has 0 amide bonds. The number of hydrogen-bond acceptors (Lipinski definition) is 3. The molecule has 0 unspecified atom stereocenters. The van der Waals surface area contributed by atoms with Crippen LogP contribution in [-0.2, 0) is 5.75 Å². The van der Waals surface area contributed by atoms with Gasteiger partial charge in [-0.25, -0.2) is 13.8 Å². The van der Waals surface area contributed by atoms with E-state index in [1.807, 2.05) is 0 Å². The molecule has 0 saturated heterocycles. The monoisotopic (exact) mass is 309 g/mol. The van der Waals surface area contributed by atoms with Crippen molar-refractivity contribution in [2.45, 2.75) is 17.3 Å². The predicted octanol–water partition coefficient (Wildman–Crippen LogP) is 4.34. The van der Waals surface area contributed by atoms with Gasteiger partial charge < -0.3 is 0 Å². The first-order valence-corrected chi connectivity index (χ1v) is 6.58. The lowest BCUT2D eigenvalue weighted by Gasteiger charge is -2.04. The van der Waals surface area contributed by atoms with Crippen LogP contribution in [0.15, 0.2) is 23.4 Å². The summed E-state index contributed by atoms with van der Waals surface area (Å²) in [6.07, 6.45) is -2.66. The number of nitrogens with one attached hydrogen (secondary N) is 1. The van der Waals surface area contributed by atoms with Gasteiger partial charge >= 0.3 is 0 Å². The Hall–Kier alpha value is -0.850. The van der Waals surface area contributed by atoms with Crippen molar-refractivity contribution in [3.63, 3.8) is 0 Å². The summed E-state index contributed by atoms with van der Waals surface area (Å²) in [5, 5.41) is 7.14. The normalized spacial score (nSPS) is 11.2. The van der Waals surface area contributed by atoms with Gasteiger partial charge in [0.25, 0.3) is 6.43 Å². The quantitative estimate of drug-likeness (QED) is 0.854. The van der Waals surface area contributed by atoms with Crippen molar-refractivity contribution in [2.24, 2.45) is 0 Å². The molecule has 1 heterocycles. The molecule has 3 nitrogen and oxygen atoms in total. The van der Waals surface area contributed by atoms with E-state index in [9.17, 15) is 8.78 Å². The van der Waals surface area contributed by atoms with Crippen LogP contribution in [0.2, 0.25) is 10.0 Å². The zero-order valence-corrected chi connectivity index (χ0v) is 11.2. The van der Waals surface area contributed by atoms with Crippen molar-refractivity contribution in [3.05, 3.63) is 39.6 Å². The molecule has 1 aromatic carbocycles. The summed E-state index contributed by atoms with van der Waals surface area (Å²) >= 11 is 13.2. The Bertz CT molecular complexity index is 527. The highest BCUT2D eigenvalue weighted by Gasteiger charge is 2.14. The number of hydrogen-bond donors (Lipinski definition) is 1. The molecule has 0 aliphatic rings. The third-order valence-electron chi connectivity index (χ3n) is 2.10. The molecule has 18 heavy (non-hydrogen) atoms. The minimum Gasteiger partial charge on any atom is -0.257 e. The van der Waals surface area contributed by atoms with Crippen LogP contribution in [0.25, 0.3) is 0 Å². The minimum atomic E-state index is -2.66. The second-order valence-electron chi connectivity index (χ2n) is 3.29. The minimum absolute atomic E-state index is 0.237. The fourth-order valence-corrected chi connectivity index (χ4v) is 2.77. The molecule has 2 rings (SSSR count). The number of aromatic amines is 1. The summed E-state index contributed by atoms with van der Waals surface area (Å²) in [7, 11) is 0. The lowest BCUT2D eigenvalue weighted by Crippen LogP contribution is -1.87. The lowest BCUT2D eigenvalue weighted by atomic mass is 10.2. The Labute approximate surface area is 116 Å². The van der Waals surface area contributed by atoms with E-state index in [4.69, 9.17) is 23.2 Å². The van der Waals surface area contributed by atoms with E-state index in [-0.39, 0.29) is 5.16 Å². The van der Waals surface area contributed by atoms with E-state index < -0.39 is 12.2 Å². The van der Waals surface area contributed by atoms with E-state index in [0.717, 1.165) is 5.56 Å². The zero-order chi connectivity index (χ0) is 13.1. The molecular formula is C10H7Cl2F2N3S. The SMILES string of the molecule is FC(F)c1nc(SCc2c(Cl)cccc2Cl)n[nH]1. The average molecular weight is 310 g/mol. The predicted molar refractivity (Wildman–Crippen MR) is 67.4 cm³/mol. The maximum absolute atomic E-state index is 12.3. The molecule has 96 valence electrons. The summed E-state index contributed by atoms with van der Waals surface area (Å²) in [5.74, 6) is -0.0262. The van der Waals surface area contributed by atoms with Crippen LogP contribution >= 0.6 is 35.0 Å². The first kappa shape index (κ1) is 13.6. The first-order chi connectivity index (χ1) is 8.58. The molecular weight excluding hydrogens is 303 g/mol. The Kier molecular flexibility index (Phi) is 4.42. The summed E-state index contributed by atoms with van der Waals surface area (Å²) in [4.78, 5) is 3.64. The van der Waals surface area contributed by atoms with Gasteiger partial charge in [-0.3, -0.25) is 5.10 Å². The number of benzene rings is 1. The molecule has 1 N–H and O–H groups in total. The Morgan fingerprint density at radius 1 is 1.28 bits per heavy atom. The number of nitrogens with zero attached hydrogens (tertiary/aromatic N) is 2. The van der Waals surface area contributed by atoms with Gasteiger partial charge in [-0.1, -0.05) is 41.0 Å². The second kappa shape index (κ2) is 5.86. The van der Waals surface area contributed by atoms with Crippen molar-refractivity contribution >= 4 is 35.0 Å². The molecule has 0 aliphatic heterocycles. The van der Waals surface area contributed by atoms with Gasteiger partial charge in [0.2, 0.25) is 5.16 Å². The van der Waals surface area contributed by atoms with E-state index in [2.05, 4.69) is 15.2 Å². The van der Waals surface area contributed by atoms with Gasteiger partial charge in [-0.2, -0.15) is 0 Å². The number of aromatic nitrogens is 3. The third-order valence-corrected chi connectivity index (χ3v) is 3.68. The van der Waals surface area contributed by atoms with Gasteiger partial charge in [0.15, 0.2) is 5.82 Å². The summed E-state index contributed by atoms with van der Waals surface area (Å²) in [6, 6.07) is 5.16. The third kappa shape index (κ3) is 3.13. The van der Waals surface area contributed by atoms with Crippen molar-refractivity contribution in [1.29, 1.82) is 0 Å². The molecule has 0 aliphatic carbocycles. The van der Waals surface area contributed by atoms with E-state index in [1.165, 1.54) is 11.8 Å². The van der Waals surface area contributed by atoms with Crippen LogP contribution in [0.1, 0.15) is 17.8 Å². The van der Waals surface area contributed by atoms with Gasteiger partial charge in [-0.15, -0.1) is 5.10 Å². The highest BCUT2D eigenvalue weighted by Crippen LogP contribution is 2.30. The Morgan fingerprint density at radius 3 is 2.50 bits per heavy atom. The zero-order valence-electron chi connectivity index (χ0n) is 8.83.